The number of amides is 1. The molecule has 2 aromatic carbocycles. The van der Waals surface area contributed by atoms with Gasteiger partial charge in [0, 0.05) is 17.0 Å². The highest BCUT2D eigenvalue weighted by Crippen LogP contribution is 2.24. The van der Waals surface area contributed by atoms with Gasteiger partial charge in [-0.3, -0.25) is 9.20 Å². The fourth-order valence-electron chi connectivity index (χ4n) is 3.91. The molecule has 4 aromatic rings. The maximum Gasteiger partial charge on any atom is 0.251 e. The summed E-state index contributed by atoms with van der Waals surface area (Å²) in [4.78, 5) is 20.6. The van der Waals surface area contributed by atoms with E-state index in [4.69, 9.17) is 17.2 Å². The van der Waals surface area contributed by atoms with Crippen molar-refractivity contribution in [2.24, 2.45) is 0 Å². The lowest BCUT2D eigenvalue weighted by Crippen LogP contribution is -2.32. The van der Waals surface area contributed by atoms with Gasteiger partial charge in [0.05, 0.1) is 16.6 Å². The summed E-state index contributed by atoms with van der Waals surface area (Å²) in [6, 6.07) is 13.9. The summed E-state index contributed by atoms with van der Waals surface area (Å²) >= 11 is 5.55. The van der Waals surface area contributed by atoms with E-state index in [1.54, 1.807) is 0 Å². The molecule has 6 heteroatoms. The molecule has 1 aliphatic rings. The number of para-hydroxylation sites is 2. The number of carbonyl (C=O) groups is 1. The number of nitrogens with one attached hydrogen (secondary N) is 2. The fraction of sp³-hybridized carbons (Fsp3) is 0.250. The lowest BCUT2D eigenvalue weighted by atomic mass is 10.1. The predicted octanol–water partition coefficient (Wildman–Crippen LogP) is 4.37. The molecule has 0 atom stereocenters. The van der Waals surface area contributed by atoms with Crippen LogP contribution in [-0.4, -0.2) is 26.3 Å². The number of imidazole rings is 1. The van der Waals surface area contributed by atoms with E-state index < -0.39 is 0 Å². The third kappa shape index (κ3) is 2.41. The van der Waals surface area contributed by atoms with Crippen molar-refractivity contribution in [3.05, 3.63) is 52.8 Å². The normalized spacial score (nSPS) is 15.2. The van der Waals surface area contributed by atoms with Crippen molar-refractivity contribution in [3.8, 4) is 0 Å². The summed E-state index contributed by atoms with van der Waals surface area (Å²) < 4.78 is 2.53. The predicted molar refractivity (Wildman–Crippen MR) is 105 cm³/mol. The maximum atomic E-state index is 12.6. The van der Waals surface area contributed by atoms with Crippen LogP contribution in [0.2, 0.25) is 0 Å². The van der Waals surface area contributed by atoms with Gasteiger partial charge >= 0.3 is 0 Å². The topological polar surface area (TPSA) is 62.2 Å². The summed E-state index contributed by atoms with van der Waals surface area (Å²) in [6.07, 6.45) is 4.54. The van der Waals surface area contributed by atoms with E-state index in [1.165, 1.54) is 12.8 Å². The number of carbonyl (C=O) groups excluding carboxylic acids is 1. The summed E-state index contributed by atoms with van der Waals surface area (Å²) in [7, 11) is 0. The molecule has 5 rings (SSSR count). The molecular weight excluding hydrogens is 344 g/mol. The quantitative estimate of drug-likeness (QED) is 0.521. The van der Waals surface area contributed by atoms with Crippen LogP contribution in [0.1, 0.15) is 36.0 Å². The Kier molecular flexibility index (Phi) is 3.53. The van der Waals surface area contributed by atoms with Gasteiger partial charge in [0.1, 0.15) is 5.65 Å². The molecule has 0 bridgehead atoms. The molecule has 1 fully saturated rings. The number of aromatic nitrogens is 3. The summed E-state index contributed by atoms with van der Waals surface area (Å²) in [6.45, 7) is 0. The first-order valence-corrected chi connectivity index (χ1v) is 9.36. The van der Waals surface area contributed by atoms with E-state index in [0.717, 1.165) is 40.4 Å². The second-order valence-corrected chi connectivity index (χ2v) is 7.29. The van der Waals surface area contributed by atoms with Gasteiger partial charge < -0.3 is 10.3 Å². The molecule has 0 radical (unpaired) electrons. The number of rotatable bonds is 2. The number of fused-ring (bicyclic) bond motifs is 5. The number of hydrogen-bond donors (Lipinski definition) is 2. The van der Waals surface area contributed by atoms with Crippen LogP contribution >= 0.6 is 12.2 Å². The van der Waals surface area contributed by atoms with Crippen LogP contribution in [0.4, 0.5) is 0 Å². The van der Waals surface area contributed by atoms with Gasteiger partial charge in [0.2, 0.25) is 0 Å². The van der Waals surface area contributed by atoms with Crippen molar-refractivity contribution in [2.45, 2.75) is 31.7 Å². The molecule has 1 amide bonds. The lowest BCUT2D eigenvalue weighted by Gasteiger charge is -2.12. The van der Waals surface area contributed by atoms with E-state index in [2.05, 4.69) is 10.3 Å². The highest BCUT2D eigenvalue weighted by Gasteiger charge is 2.18. The Morgan fingerprint density at radius 3 is 2.85 bits per heavy atom. The molecule has 0 unspecified atom stereocenters. The first-order chi connectivity index (χ1) is 12.7. The molecule has 0 saturated heterocycles. The van der Waals surface area contributed by atoms with E-state index in [1.807, 2.05) is 46.9 Å². The fourth-order valence-corrected chi connectivity index (χ4v) is 4.20. The zero-order chi connectivity index (χ0) is 17.7. The number of aromatic amines is 1. The molecule has 2 aromatic heterocycles. The molecule has 5 nitrogen and oxygen atoms in total. The number of hydrogen-bond acceptors (Lipinski definition) is 3. The highest BCUT2D eigenvalue weighted by atomic mass is 32.1. The minimum Gasteiger partial charge on any atom is -0.349 e. The Morgan fingerprint density at radius 1 is 1.19 bits per heavy atom. The molecule has 0 spiro atoms. The molecule has 26 heavy (non-hydrogen) atoms. The van der Waals surface area contributed by atoms with Gasteiger partial charge in [-0.1, -0.05) is 25.0 Å². The Morgan fingerprint density at radius 2 is 2.00 bits per heavy atom. The van der Waals surface area contributed by atoms with E-state index in [0.29, 0.717) is 16.4 Å². The number of H-pyrrole nitrogens is 1. The molecule has 2 heterocycles. The molecule has 1 aliphatic carbocycles. The maximum absolute atomic E-state index is 12.6. The van der Waals surface area contributed by atoms with Crippen molar-refractivity contribution in [3.63, 3.8) is 0 Å². The Bertz CT molecular complexity index is 1220. The van der Waals surface area contributed by atoms with Gasteiger partial charge in [0.15, 0.2) is 4.77 Å². The van der Waals surface area contributed by atoms with Crippen LogP contribution in [0.3, 0.4) is 0 Å². The summed E-state index contributed by atoms with van der Waals surface area (Å²) in [5.41, 5.74) is 4.18. The van der Waals surface area contributed by atoms with Crippen LogP contribution in [0, 0.1) is 4.77 Å². The van der Waals surface area contributed by atoms with Gasteiger partial charge in [-0.2, -0.15) is 0 Å². The van der Waals surface area contributed by atoms with Crippen molar-refractivity contribution < 1.29 is 4.79 Å². The summed E-state index contributed by atoms with van der Waals surface area (Å²) in [5.74, 6) is -0.0218. The van der Waals surface area contributed by atoms with Crippen molar-refractivity contribution in [1.82, 2.24) is 19.7 Å². The van der Waals surface area contributed by atoms with Crippen LogP contribution in [0.15, 0.2) is 42.5 Å². The average Bonchev–Trinajstić information content (AvgIpc) is 3.28. The monoisotopic (exact) mass is 362 g/mol. The molecule has 2 N–H and O–H groups in total. The number of benzene rings is 2. The van der Waals surface area contributed by atoms with Crippen molar-refractivity contribution in [2.75, 3.05) is 0 Å². The molecule has 1 saturated carbocycles. The minimum absolute atomic E-state index is 0.0218. The van der Waals surface area contributed by atoms with Gasteiger partial charge in [-0.05, 0) is 55.4 Å². The van der Waals surface area contributed by atoms with E-state index in [-0.39, 0.29) is 5.91 Å². The van der Waals surface area contributed by atoms with Crippen LogP contribution in [0.25, 0.3) is 27.6 Å². The van der Waals surface area contributed by atoms with Gasteiger partial charge in [-0.25, -0.2) is 4.98 Å². The van der Waals surface area contributed by atoms with Crippen LogP contribution < -0.4 is 5.32 Å². The number of nitrogens with zero attached hydrogens (tertiary/aromatic N) is 2. The van der Waals surface area contributed by atoms with E-state index >= 15 is 0 Å². The Hall–Kier alpha value is -2.73. The molecular formula is C20H18N4OS. The first-order valence-electron chi connectivity index (χ1n) is 8.95. The van der Waals surface area contributed by atoms with E-state index in [9.17, 15) is 4.79 Å². The smallest absolute Gasteiger partial charge is 0.251 e. The third-order valence-electron chi connectivity index (χ3n) is 5.22. The average molecular weight is 362 g/mol. The summed E-state index contributed by atoms with van der Waals surface area (Å²) in [5, 5.41) is 4.08. The van der Waals surface area contributed by atoms with Gasteiger partial charge in [0.25, 0.3) is 5.91 Å². The van der Waals surface area contributed by atoms with Crippen molar-refractivity contribution >= 4 is 45.7 Å². The zero-order valence-corrected chi connectivity index (χ0v) is 15.0. The molecule has 0 aliphatic heterocycles. The largest absolute Gasteiger partial charge is 0.349 e. The van der Waals surface area contributed by atoms with Crippen LogP contribution in [-0.2, 0) is 0 Å². The lowest BCUT2D eigenvalue weighted by molar-refractivity contribution is 0.0938. The molecule has 130 valence electrons. The SMILES string of the molecule is O=C(NC1CCCC1)c1ccc2c(c1)[nH]c(=S)n1c3ccccc3nc21. The van der Waals surface area contributed by atoms with Gasteiger partial charge in [-0.15, -0.1) is 0 Å². The zero-order valence-electron chi connectivity index (χ0n) is 14.2. The standard InChI is InChI=1S/C20H18N4OS/c25-19(21-13-5-1-2-6-13)12-9-10-14-16(11-12)23-20(26)24-17-8-4-3-7-15(17)22-18(14)24/h3-4,7-11,13H,1-2,5-6H2,(H,21,25)(H,23,26). The Balaban J connectivity index is 1.65. The Labute approximate surface area is 155 Å². The highest BCUT2D eigenvalue weighted by molar-refractivity contribution is 7.71. The first kappa shape index (κ1) is 15.5. The second kappa shape index (κ2) is 5.92. The second-order valence-electron chi connectivity index (χ2n) is 6.90. The minimum atomic E-state index is -0.0218. The van der Waals surface area contributed by atoms with Crippen molar-refractivity contribution in [1.29, 1.82) is 0 Å². The third-order valence-corrected chi connectivity index (χ3v) is 5.50. The van der Waals surface area contributed by atoms with Crippen LogP contribution in [0.5, 0.6) is 0 Å².